The van der Waals surface area contributed by atoms with Crippen molar-refractivity contribution in [3.05, 3.63) is 71.9 Å². The molecule has 1 N–H and O–H groups in total. The molecule has 1 saturated heterocycles. The molecule has 1 aliphatic heterocycles. The average Bonchev–Trinajstić information content (AvgIpc) is 3.08. The molecule has 0 radical (unpaired) electrons. The molecule has 2 aromatic carbocycles. The van der Waals surface area contributed by atoms with Crippen molar-refractivity contribution in [3.63, 3.8) is 0 Å². The molecule has 30 heavy (non-hydrogen) atoms. The molecule has 0 aliphatic carbocycles. The van der Waals surface area contributed by atoms with Gasteiger partial charge in [-0.3, -0.25) is 14.6 Å². The molecule has 2 heterocycles. The Balaban J connectivity index is 1.45. The third kappa shape index (κ3) is 4.12. The first-order chi connectivity index (χ1) is 14.3. The minimum atomic E-state index is -4.44. The van der Waals surface area contributed by atoms with Crippen LogP contribution in [-0.2, 0) is 22.3 Å². The third-order valence-corrected chi connectivity index (χ3v) is 5.10. The summed E-state index contributed by atoms with van der Waals surface area (Å²) in [6, 6.07) is 14.0. The van der Waals surface area contributed by atoms with Crippen molar-refractivity contribution in [1.29, 1.82) is 0 Å². The summed E-state index contributed by atoms with van der Waals surface area (Å²) in [4.78, 5) is 30.8. The number of carbonyl (C=O) groups excluding carboxylic acids is 2. The first-order valence-corrected chi connectivity index (χ1v) is 9.40. The Labute approximate surface area is 170 Å². The third-order valence-electron chi connectivity index (χ3n) is 5.10. The number of nitrogens with one attached hydrogen (secondary N) is 1. The molecule has 2 amide bonds. The van der Waals surface area contributed by atoms with E-state index in [1.165, 1.54) is 17.0 Å². The first kappa shape index (κ1) is 19.9. The highest BCUT2D eigenvalue weighted by Crippen LogP contribution is 2.30. The normalized spacial score (nSPS) is 16.8. The van der Waals surface area contributed by atoms with E-state index in [-0.39, 0.29) is 31.3 Å². The molecule has 0 unspecified atom stereocenters. The lowest BCUT2D eigenvalue weighted by atomic mass is 10.1. The Kier molecular flexibility index (Phi) is 5.15. The molecule has 5 nitrogen and oxygen atoms in total. The van der Waals surface area contributed by atoms with E-state index < -0.39 is 17.7 Å². The largest absolute Gasteiger partial charge is 0.416 e. The Bertz CT molecular complexity index is 1110. The summed E-state index contributed by atoms with van der Waals surface area (Å²) in [5.41, 5.74) is 0.822. The molecule has 1 aromatic heterocycles. The van der Waals surface area contributed by atoms with Gasteiger partial charge in [-0.15, -0.1) is 0 Å². The zero-order chi connectivity index (χ0) is 21.3. The number of fused-ring (bicyclic) bond motifs is 1. The maximum absolute atomic E-state index is 12.9. The topological polar surface area (TPSA) is 62.3 Å². The van der Waals surface area contributed by atoms with Crippen molar-refractivity contribution in [2.75, 3.05) is 11.9 Å². The zero-order valence-electron chi connectivity index (χ0n) is 15.8. The Morgan fingerprint density at radius 1 is 1.13 bits per heavy atom. The van der Waals surface area contributed by atoms with E-state index in [1.807, 2.05) is 12.1 Å². The number of nitrogens with zero attached hydrogens (tertiary/aromatic N) is 2. The number of halogens is 3. The summed E-state index contributed by atoms with van der Waals surface area (Å²) < 4.78 is 38.7. The molecule has 3 aromatic rings. The van der Waals surface area contributed by atoms with Gasteiger partial charge in [0, 0.05) is 31.1 Å². The molecule has 0 spiro atoms. The molecule has 154 valence electrons. The van der Waals surface area contributed by atoms with Gasteiger partial charge < -0.3 is 10.2 Å². The summed E-state index contributed by atoms with van der Waals surface area (Å²) in [6.45, 7) is 0.182. The van der Waals surface area contributed by atoms with E-state index in [1.54, 1.807) is 24.4 Å². The summed E-state index contributed by atoms with van der Waals surface area (Å²) in [5.74, 6) is -1.15. The van der Waals surface area contributed by atoms with E-state index in [0.717, 1.165) is 17.5 Å². The number of anilines is 1. The number of para-hydroxylation sites is 1. The van der Waals surface area contributed by atoms with Crippen molar-refractivity contribution >= 4 is 28.4 Å². The van der Waals surface area contributed by atoms with Gasteiger partial charge in [0.2, 0.25) is 11.8 Å². The second kappa shape index (κ2) is 7.78. The summed E-state index contributed by atoms with van der Waals surface area (Å²) in [7, 11) is 0. The highest BCUT2D eigenvalue weighted by molar-refractivity contribution is 6.02. The van der Waals surface area contributed by atoms with Gasteiger partial charge in [-0.25, -0.2) is 0 Å². The molecule has 0 saturated carbocycles. The summed E-state index contributed by atoms with van der Waals surface area (Å²) in [5, 5.41) is 3.71. The minimum Gasteiger partial charge on any atom is -0.338 e. The van der Waals surface area contributed by atoms with Crippen LogP contribution >= 0.6 is 0 Å². The van der Waals surface area contributed by atoms with Gasteiger partial charge in [0.05, 0.1) is 22.7 Å². The van der Waals surface area contributed by atoms with Crippen LogP contribution in [0.1, 0.15) is 17.5 Å². The van der Waals surface area contributed by atoms with Crippen LogP contribution in [-0.4, -0.2) is 28.2 Å². The quantitative estimate of drug-likeness (QED) is 0.696. The van der Waals surface area contributed by atoms with Crippen LogP contribution in [0, 0.1) is 5.92 Å². The van der Waals surface area contributed by atoms with E-state index in [0.29, 0.717) is 16.8 Å². The fraction of sp³-hybridized carbons (Fsp3) is 0.227. The van der Waals surface area contributed by atoms with Gasteiger partial charge >= 0.3 is 6.18 Å². The Morgan fingerprint density at radius 3 is 2.70 bits per heavy atom. The van der Waals surface area contributed by atoms with Gasteiger partial charge in [-0.05, 0) is 29.8 Å². The fourth-order valence-corrected chi connectivity index (χ4v) is 3.61. The monoisotopic (exact) mass is 413 g/mol. The van der Waals surface area contributed by atoms with Gasteiger partial charge in [-0.1, -0.05) is 30.3 Å². The molecule has 1 fully saturated rings. The maximum Gasteiger partial charge on any atom is 0.416 e. The molecule has 1 atom stereocenters. The number of carbonyl (C=O) groups is 2. The van der Waals surface area contributed by atoms with Crippen LogP contribution in [0.5, 0.6) is 0 Å². The van der Waals surface area contributed by atoms with E-state index in [2.05, 4.69) is 10.3 Å². The summed E-state index contributed by atoms with van der Waals surface area (Å²) in [6.07, 6.45) is -2.79. The van der Waals surface area contributed by atoms with Gasteiger partial charge in [0.15, 0.2) is 0 Å². The van der Waals surface area contributed by atoms with Crippen molar-refractivity contribution in [3.8, 4) is 0 Å². The van der Waals surface area contributed by atoms with E-state index in [9.17, 15) is 22.8 Å². The lowest BCUT2D eigenvalue weighted by molar-refractivity contribution is -0.137. The van der Waals surface area contributed by atoms with E-state index >= 15 is 0 Å². The predicted octanol–water partition coefficient (Wildman–Crippen LogP) is 4.24. The lowest BCUT2D eigenvalue weighted by Gasteiger charge is -2.18. The van der Waals surface area contributed by atoms with Crippen LogP contribution in [0.3, 0.4) is 0 Å². The number of rotatable bonds is 4. The van der Waals surface area contributed by atoms with Crippen LogP contribution in [0.4, 0.5) is 18.9 Å². The molecule has 8 heteroatoms. The Hall–Kier alpha value is -3.42. The number of benzene rings is 2. The molecule has 4 rings (SSSR count). The first-order valence-electron chi connectivity index (χ1n) is 9.40. The van der Waals surface area contributed by atoms with Crippen LogP contribution in [0.25, 0.3) is 10.9 Å². The second-order valence-electron chi connectivity index (χ2n) is 7.24. The number of aromatic nitrogens is 1. The number of likely N-dealkylation sites (tertiary alicyclic amines) is 1. The smallest absolute Gasteiger partial charge is 0.338 e. The molecule has 0 bridgehead atoms. The second-order valence-corrected chi connectivity index (χ2v) is 7.24. The van der Waals surface area contributed by atoms with Crippen molar-refractivity contribution in [1.82, 2.24) is 9.88 Å². The van der Waals surface area contributed by atoms with Gasteiger partial charge in [-0.2, -0.15) is 13.2 Å². The SMILES string of the molecule is O=C(Nc1cccc2cccnc12)[C@@H]1CC(=O)N(Cc2cccc(C(F)(F)F)c2)C1. The number of amides is 2. The van der Waals surface area contributed by atoms with Crippen LogP contribution in [0.2, 0.25) is 0 Å². The van der Waals surface area contributed by atoms with Crippen molar-refractivity contribution in [2.45, 2.75) is 19.1 Å². The van der Waals surface area contributed by atoms with Gasteiger partial charge in [0.1, 0.15) is 0 Å². The number of hydrogen-bond donors (Lipinski definition) is 1. The van der Waals surface area contributed by atoms with Crippen molar-refractivity contribution in [2.24, 2.45) is 5.92 Å². The maximum atomic E-state index is 12.9. The van der Waals surface area contributed by atoms with E-state index in [4.69, 9.17) is 0 Å². The Morgan fingerprint density at radius 2 is 1.90 bits per heavy atom. The highest BCUT2D eigenvalue weighted by Gasteiger charge is 2.35. The van der Waals surface area contributed by atoms with Crippen LogP contribution < -0.4 is 5.32 Å². The standard InChI is InChI=1S/C22H18F3N3O2/c23-22(24,25)17-7-1-4-14(10-17)12-28-13-16(11-19(28)29)21(30)27-18-8-2-5-15-6-3-9-26-20(15)18/h1-10,16H,11-13H2,(H,27,30)/t16-/m1/s1. The van der Waals surface area contributed by atoms with Gasteiger partial charge in [0.25, 0.3) is 0 Å². The summed E-state index contributed by atoms with van der Waals surface area (Å²) >= 11 is 0. The van der Waals surface area contributed by atoms with Crippen molar-refractivity contribution < 1.29 is 22.8 Å². The molecular formula is C22H18F3N3O2. The van der Waals surface area contributed by atoms with Crippen LogP contribution in [0.15, 0.2) is 60.8 Å². The average molecular weight is 413 g/mol. The molecular weight excluding hydrogens is 395 g/mol. The molecule has 1 aliphatic rings. The fourth-order valence-electron chi connectivity index (χ4n) is 3.61. The highest BCUT2D eigenvalue weighted by atomic mass is 19.4. The predicted molar refractivity (Wildman–Crippen MR) is 105 cm³/mol. The number of alkyl halides is 3. The minimum absolute atomic E-state index is 0.0169. The number of hydrogen-bond acceptors (Lipinski definition) is 3. The zero-order valence-corrected chi connectivity index (χ0v) is 15.8. The number of pyridine rings is 1. The lowest BCUT2D eigenvalue weighted by Crippen LogP contribution is -2.28.